The second kappa shape index (κ2) is 3.42. The first-order valence-electron chi connectivity index (χ1n) is 4.24. The van der Waals surface area contributed by atoms with Gasteiger partial charge in [0.1, 0.15) is 5.82 Å². The van der Waals surface area contributed by atoms with E-state index in [-0.39, 0.29) is 0 Å². The van der Waals surface area contributed by atoms with Crippen LogP contribution in [0.1, 0.15) is 11.4 Å². The predicted octanol–water partition coefficient (Wildman–Crippen LogP) is 2.73. The summed E-state index contributed by atoms with van der Waals surface area (Å²) < 4.78 is 0. The molecule has 0 aliphatic heterocycles. The van der Waals surface area contributed by atoms with Crippen LogP contribution in [0.15, 0.2) is 18.2 Å². The molecule has 1 heterocycles. The molecule has 0 aliphatic rings. The van der Waals surface area contributed by atoms with Crippen LogP contribution >= 0.6 is 11.8 Å². The van der Waals surface area contributed by atoms with Gasteiger partial charge in [-0.2, -0.15) is 11.8 Å². The van der Waals surface area contributed by atoms with Gasteiger partial charge in [-0.15, -0.1) is 0 Å². The molecule has 3 heteroatoms. The van der Waals surface area contributed by atoms with Crippen LogP contribution in [0, 0.1) is 6.92 Å². The van der Waals surface area contributed by atoms with Gasteiger partial charge in [0.2, 0.25) is 0 Å². The van der Waals surface area contributed by atoms with Gasteiger partial charge in [-0.05, 0) is 30.9 Å². The second-order valence-electron chi connectivity index (χ2n) is 3.14. The third-order valence-corrected chi connectivity index (χ3v) is 2.53. The average molecular weight is 192 g/mol. The Hall–Kier alpha value is -0.960. The summed E-state index contributed by atoms with van der Waals surface area (Å²) in [5.41, 5.74) is 3.48. The molecule has 0 atom stereocenters. The van der Waals surface area contributed by atoms with Gasteiger partial charge < -0.3 is 4.98 Å². The number of hydrogen-bond acceptors (Lipinski definition) is 2. The third kappa shape index (κ3) is 1.70. The average Bonchev–Trinajstić information content (AvgIpc) is 2.46. The van der Waals surface area contributed by atoms with E-state index in [2.05, 4.69) is 41.3 Å². The molecule has 13 heavy (non-hydrogen) atoms. The van der Waals surface area contributed by atoms with Crippen molar-refractivity contribution in [3.05, 3.63) is 29.6 Å². The van der Waals surface area contributed by atoms with Gasteiger partial charge >= 0.3 is 0 Å². The van der Waals surface area contributed by atoms with Crippen LogP contribution in [0.25, 0.3) is 11.0 Å². The van der Waals surface area contributed by atoms with Crippen molar-refractivity contribution in [1.82, 2.24) is 9.97 Å². The molecule has 0 aliphatic carbocycles. The summed E-state index contributed by atoms with van der Waals surface area (Å²) >= 11 is 1.78. The summed E-state index contributed by atoms with van der Waals surface area (Å²) in [4.78, 5) is 7.77. The third-order valence-electron chi connectivity index (χ3n) is 1.97. The van der Waals surface area contributed by atoms with E-state index in [1.54, 1.807) is 11.8 Å². The normalized spacial score (nSPS) is 10.9. The number of nitrogens with one attached hydrogen (secondary N) is 1. The first kappa shape index (κ1) is 8.63. The molecule has 1 aromatic heterocycles. The van der Waals surface area contributed by atoms with Crippen LogP contribution in [-0.2, 0) is 5.75 Å². The van der Waals surface area contributed by atoms with Gasteiger partial charge in [0.25, 0.3) is 0 Å². The van der Waals surface area contributed by atoms with Gasteiger partial charge in [0.05, 0.1) is 16.8 Å². The van der Waals surface area contributed by atoms with Crippen molar-refractivity contribution >= 4 is 22.8 Å². The molecule has 2 nitrogen and oxygen atoms in total. The number of thioether (sulfide) groups is 1. The lowest BCUT2D eigenvalue weighted by Crippen LogP contribution is -1.80. The van der Waals surface area contributed by atoms with E-state index in [0.29, 0.717) is 0 Å². The number of H-pyrrole nitrogens is 1. The molecular formula is C10H12N2S. The highest BCUT2D eigenvalue weighted by atomic mass is 32.2. The van der Waals surface area contributed by atoms with E-state index < -0.39 is 0 Å². The largest absolute Gasteiger partial charge is 0.341 e. The number of aromatic nitrogens is 2. The Balaban J connectivity index is 2.49. The first-order chi connectivity index (χ1) is 6.29. The van der Waals surface area contributed by atoms with Crippen molar-refractivity contribution < 1.29 is 0 Å². The molecule has 0 saturated carbocycles. The Morgan fingerprint density at radius 1 is 1.46 bits per heavy atom. The van der Waals surface area contributed by atoms with Crippen molar-refractivity contribution in [2.45, 2.75) is 12.7 Å². The van der Waals surface area contributed by atoms with E-state index in [1.807, 2.05) is 0 Å². The quantitative estimate of drug-likeness (QED) is 0.792. The highest BCUT2D eigenvalue weighted by Crippen LogP contribution is 2.15. The van der Waals surface area contributed by atoms with Crippen molar-refractivity contribution in [2.24, 2.45) is 0 Å². The minimum atomic E-state index is 0.952. The predicted molar refractivity (Wildman–Crippen MR) is 58.0 cm³/mol. The molecule has 2 aromatic rings. The first-order valence-corrected chi connectivity index (χ1v) is 5.63. The fourth-order valence-electron chi connectivity index (χ4n) is 1.38. The summed E-state index contributed by atoms with van der Waals surface area (Å²) in [6.45, 7) is 2.09. The maximum Gasteiger partial charge on any atom is 0.117 e. The van der Waals surface area contributed by atoms with Crippen molar-refractivity contribution in [3.63, 3.8) is 0 Å². The Bertz CT molecular complexity index is 420. The Kier molecular flexibility index (Phi) is 2.27. The number of hydrogen-bond donors (Lipinski definition) is 1. The fourth-order valence-corrected chi connectivity index (χ4v) is 1.79. The highest BCUT2D eigenvalue weighted by Gasteiger charge is 2.00. The summed E-state index contributed by atoms with van der Waals surface area (Å²) in [6.07, 6.45) is 2.08. The van der Waals surface area contributed by atoms with E-state index in [0.717, 1.165) is 22.6 Å². The van der Waals surface area contributed by atoms with Gasteiger partial charge in [0, 0.05) is 0 Å². The van der Waals surface area contributed by atoms with Crippen molar-refractivity contribution in [3.8, 4) is 0 Å². The van der Waals surface area contributed by atoms with Gasteiger partial charge in [-0.1, -0.05) is 6.07 Å². The van der Waals surface area contributed by atoms with E-state index in [9.17, 15) is 0 Å². The summed E-state index contributed by atoms with van der Waals surface area (Å²) in [5, 5.41) is 0. The molecule has 0 saturated heterocycles. The molecular weight excluding hydrogens is 180 g/mol. The zero-order valence-electron chi connectivity index (χ0n) is 7.79. The Morgan fingerprint density at radius 2 is 2.31 bits per heavy atom. The van der Waals surface area contributed by atoms with Gasteiger partial charge in [-0.25, -0.2) is 4.98 Å². The number of fused-ring (bicyclic) bond motifs is 1. The number of aromatic amines is 1. The molecule has 0 fully saturated rings. The second-order valence-corrected chi connectivity index (χ2v) is 4.00. The number of nitrogens with zero attached hydrogens (tertiary/aromatic N) is 1. The number of benzene rings is 1. The number of rotatable bonds is 2. The fraction of sp³-hybridized carbons (Fsp3) is 0.300. The molecule has 0 bridgehead atoms. The molecule has 0 spiro atoms. The van der Waals surface area contributed by atoms with E-state index >= 15 is 0 Å². The van der Waals surface area contributed by atoms with E-state index in [4.69, 9.17) is 0 Å². The van der Waals surface area contributed by atoms with Crippen LogP contribution in [0.5, 0.6) is 0 Å². The summed E-state index contributed by atoms with van der Waals surface area (Å²) in [7, 11) is 0. The lowest BCUT2D eigenvalue weighted by molar-refractivity contribution is 1.14. The SMILES string of the molecule is CSCc1nc2ccc(C)cc2[nH]1. The van der Waals surface area contributed by atoms with Crippen molar-refractivity contribution in [1.29, 1.82) is 0 Å². The maximum absolute atomic E-state index is 4.47. The lowest BCUT2D eigenvalue weighted by Gasteiger charge is -1.89. The minimum Gasteiger partial charge on any atom is -0.341 e. The molecule has 1 aromatic carbocycles. The van der Waals surface area contributed by atoms with Gasteiger partial charge in [0.15, 0.2) is 0 Å². The van der Waals surface area contributed by atoms with Crippen LogP contribution < -0.4 is 0 Å². The molecule has 68 valence electrons. The minimum absolute atomic E-state index is 0.952. The molecule has 0 radical (unpaired) electrons. The monoisotopic (exact) mass is 192 g/mol. The van der Waals surface area contributed by atoms with Crippen LogP contribution in [0.2, 0.25) is 0 Å². The lowest BCUT2D eigenvalue weighted by atomic mass is 10.2. The molecule has 2 rings (SSSR count). The smallest absolute Gasteiger partial charge is 0.117 e. The zero-order chi connectivity index (χ0) is 9.26. The highest BCUT2D eigenvalue weighted by molar-refractivity contribution is 7.97. The Morgan fingerprint density at radius 3 is 3.08 bits per heavy atom. The summed E-state index contributed by atoms with van der Waals surface area (Å²) in [6, 6.07) is 6.28. The standard InChI is InChI=1S/C10H12N2S/c1-7-3-4-8-9(5-7)12-10(11-8)6-13-2/h3-5H,6H2,1-2H3,(H,11,12). The topological polar surface area (TPSA) is 28.7 Å². The molecule has 1 N–H and O–H groups in total. The van der Waals surface area contributed by atoms with Crippen LogP contribution in [0.3, 0.4) is 0 Å². The molecule has 0 amide bonds. The van der Waals surface area contributed by atoms with Crippen molar-refractivity contribution in [2.75, 3.05) is 6.26 Å². The number of aryl methyl sites for hydroxylation is 1. The molecule has 0 unspecified atom stereocenters. The Labute approximate surface area is 81.8 Å². The number of imidazole rings is 1. The van der Waals surface area contributed by atoms with E-state index in [1.165, 1.54) is 5.56 Å². The zero-order valence-corrected chi connectivity index (χ0v) is 8.61. The van der Waals surface area contributed by atoms with Gasteiger partial charge in [-0.3, -0.25) is 0 Å². The summed E-state index contributed by atoms with van der Waals surface area (Å²) in [5.74, 6) is 2.02. The van der Waals surface area contributed by atoms with Crippen LogP contribution in [0.4, 0.5) is 0 Å². The maximum atomic E-state index is 4.47. The van der Waals surface area contributed by atoms with Crippen LogP contribution in [-0.4, -0.2) is 16.2 Å².